The third-order valence-electron chi connectivity index (χ3n) is 0.928. The van der Waals surface area contributed by atoms with Crippen molar-refractivity contribution >= 4 is 6.20 Å². The first-order valence-corrected chi connectivity index (χ1v) is 2.36. The highest BCUT2D eigenvalue weighted by molar-refractivity contribution is 5.19. The van der Waals surface area contributed by atoms with Crippen LogP contribution in [0.2, 0.25) is 0 Å². The minimum Gasteiger partial charge on any atom is -0.493 e. The van der Waals surface area contributed by atoms with Gasteiger partial charge in [0, 0.05) is 6.20 Å². The van der Waals surface area contributed by atoms with Crippen LogP contribution in [0.15, 0.2) is 17.6 Å². The number of rotatable bonds is 1. The first-order chi connectivity index (χ1) is 4.24. The van der Waals surface area contributed by atoms with Gasteiger partial charge in [-0.05, 0) is 0 Å². The number of imidazole rings is 1. The molecule has 1 aromatic rings. The van der Waals surface area contributed by atoms with Crippen LogP contribution in [-0.2, 0) is 0 Å². The van der Waals surface area contributed by atoms with Crippen LogP contribution in [0, 0.1) is 0 Å². The second kappa shape index (κ2) is 1.81. The van der Waals surface area contributed by atoms with Gasteiger partial charge >= 0.3 is 5.69 Å². The van der Waals surface area contributed by atoms with Gasteiger partial charge in [0.25, 0.3) is 0 Å². The molecule has 2 N–H and O–H groups in total. The normalized spacial score (nSPS) is 9.33. The molecule has 0 saturated carbocycles. The van der Waals surface area contributed by atoms with Crippen molar-refractivity contribution < 1.29 is 5.11 Å². The van der Waals surface area contributed by atoms with Crippen LogP contribution in [-0.4, -0.2) is 14.7 Å². The maximum Gasteiger partial charge on any atom is 0.332 e. The second-order valence-electron chi connectivity index (χ2n) is 1.53. The predicted molar refractivity (Wildman–Crippen MR) is 33.1 cm³/mol. The van der Waals surface area contributed by atoms with Crippen LogP contribution in [0.25, 0.3) is 6.20 Å². The SMILES string of the molecule is C=Cn1cc(O)[nH]c1=O. The summed E-state index contributed by atoms with van der Waals surface area (Å²) in [6, 6.07) is 0. The summed E-state index contributed by atoms with van der Waals surface area (Å²) in [7, 11) is 0. The van der Waals surface area contributed by atoms with Crippen molar-refractivity contribution in [2.45, 2.75) is 0 Å². The van der Waals surface area contributed by atoms with Gasteiger partial charge < -0.3 is 5.11 Å². The summed E-state index contributed by atoms with van der Waals surface area (Å²) in [6.45, 7) is 3.34. The molecule has 0 amide bonds. The van der Waals surface area contributed by atoms with E-state index in [0.717, 1.165) is 4.57 Å². The van der Waals surface area contributed by atoms with Gasteiger partial charge in [0.1, 0.15) is 0 Å². The van der Waals surface area contributed by atoms with Crippen molar-refractivity contribution in [2.75, 3.05) is 0 Å². The maximum absolute atomic E-state index is 10.5. The summed E-state index contributed by atoms with van der Waals surface area (Å²) in [6.07, 6.45) is 2.55. The number of aromatic hydroxyl groups is 1. The van der Waals surface area contributed by atoms with E-state index in [1.165, 1.54) is 12.4 Å². The van der Waals surface area contributed by atoms with Crippen molar-refractivity contribution in [3.63, 3.8) is 0 Å². The van der Waals surface area contributed by atoms with Crippen molar-refractivity contribution in [3.05, 3.63) is 23.3 Å². The minimum absolute atomic E-state index is 0.153. The van der Waals surface area contributed by atoms with E-state index in [1.807, 2.05) is 0 Å². The van der Waals surface area contributed by atoms with E-state index >= 15 is 0 Å². The Bertz CT molecular complexity index is 271. The third kappa shape index (κ3) is 0.861. The Morgan fingerprint density at radius 3 is 2.78 bits per heavy atom. The molecule has 0 spiro atoms. The monoisotopic (exact) mass is 126 g/mol. The number of hydrogen-bond acceptors (Lipinski definition) is 2. The molecule has 0 unspecified atom stereocenters. The fourth-order valence-corrected chi connectivity index (χ4v) is 0.532. The molecule has 0 bridgehead atoms. The summed E-state index contributed by atoms with van der Waals surface area (Å²) >= 11 is 0. The van der Waals surface area contributed by atoms with Gasteiger partial charge in [-0.1, -0.05) is 6.58 Å². The molecule has 0 fully saturated rings. The standard InChI is InChI=1S/C5H6N2O2/c1-2-7-3-4(8)6-5(7)9/h2-3,8H,1H2,(H,6,9). The highest BCUT2D eigenvalue weighted by Crippen LogP contribution is 1.96. The molecular weight excluding hydrogens is 120 g/mol. The number of nitrogens with one attached hydrogen (secondary N) is 1. The van der Waals surface area contributed by atoms with Gasteiger partial charge in [0.05, 0.1) is 6.20 Å². The summed E-state index contributed by atoms with van der Waals surface area (Å²) in [4.78, 5) is 12.7. The smallest absolute Gasteiger partial charge is 0.332 e. The van der Waals surface area contributed by atoms with E-state index in [9.17, 15) is 4.79 Å². The zero-order valence-corrected chi connectivity index (χ0v) is 4.66. The molecule has 0 aliphatic heterocycles. The van der Waals surface area contributed by atoms with Crippen molar-refractivity contribution in [3.8, 4) is 5.88 Å². The Labute approximate surface area is 51.1 Å². The predicted octanol–water partition coefficient (Wildman–Crippen LogP) is -0.0175. The minimum atomic E-state index is -0.387. The number of aromatic nitrogens is 2. The van der Waals surface area contributed by atoms with E-state index in [-0.39, 0.29) is 11.6 Å². The molecule has 4 heteroatoms. The van der Waals surface area contributed by atoms with Gasteiger partial charge in [0.2, 0.25) is 5.88 Å². The van der Waals surface area contributed by atoms with Crippen LogP contribution in [0.1, 0.15) is 0 Å². The Kier molecular flexibility index (Phi) is 1.14. The number of H-pyrrole nitrogens is 1. The number of nitrogens with zero attached hydrogens (tertiary/aromatic N) is 1. The zero-order chi connectivity index (χ0) is 6.85. The van der Waals surface area contributed by atoms with Gasteiger partial charge in [-0.2, -0.15) is 0 Å². The van der Waals surface area contributed by atoms with Crippen LogP contribution < -0.4 is 5.69 Å². The van der Waals surface area contributed by atoms with Crippen molar-refractivity contribution in [1.29, 1.82) is 0 Å². The van der Waals surface area contributed by atoms with Crippen LogP contribution in [0.4, 0.5) is 0 Å². The highest BCUT2D eigenvalue weighted by Gasteiger charge is 1.93. The van der Waals surface area contributed by atoms with Crippen molar-refractivity contribution in [2.24, 2.45) is 0 Å². The van der Waals surface area contributed by atoms with Gasteiger partial charge in [-0.3, -0.25) is 9.55 Å². The van der Waals surface area contributed by atoms with E-state index in [2.05, 4.69) is 11.6 Å². The fraction of sp³-hybridized carbons (Fsp3) is 0. The molecule has 48 valence electrons. The Morgan fingerprint density at radius 2 is 2.56 bits per heavy atom. The lowest BCUT2D eigenvalue weighted by atomic mass is 10.8. The molecule has 1 aromatic heterocycles. The van der Waals surface area contributed by atoms with E-state index in [0.29, 0.717) is 0 Å². The lowest BCUT2D eigenvalue weighted by Gasteiger charge is -1.80. The molecule has 0 aliphatic carbocycles. The molecular formula is C5H6N2O2. The summed E-state index contributed by atoms with van der Waals surface area (Å²) in [5.41, 5.74) is -0.387. The quantitative estimate of drug-likeness (QED) is 0.555. The lowest BCUT2D eigenvalue weighted by Crippen LogP contribution is -2.09. The first kappa shape index (κ1) is 5.68. The van der Waals surface area contributed by atoms with E-state index in [4.69, 9.17) is 5.11 Å². The fourth-order valence-electron chi connectivity index (χ4n) is 0.532. The van der Waals surface area contributed by atoms with E-state index < -0.39 is 0 Å². The summed E-state index contributed by atoms with van der Waals surface area (Å²) in [5, 5.41) is 8.64. The number of aromatic amines is 1. The Balaban J connectivity index is 3.32. The highest BCUT2D eigenvalue weighted by atomic mass is 16.3. The van der Waals surface area contributed by atoms with Crippen LogP contribution in [0.5, 0.6) is 5.88 Å². The van der Waals surface area contributed by atoms with E-state index in [1.54, 1.807) is 0 Å². The molecule has 4 nitrogen and oxygen atoms in total. The maximum atomic E-state index is 10.5. The topological polar surface area (TPSA) is 58.0 Å². The van der Waals surface area contributed by atoms with Crippen LogP contribution >= 0.6 is 0 Å². The summed E-state index contributed by atoms with van der Waals surface area (Å²) < 4.78 is 1.15. The second-order valence-corrected chi connectivity index (χ2v) is 1.53. The molecule has 1 heterocycles. The Hall–Kier alpha value is -1.45. The van der Waals surface area contributed by atoms with Crippen LogP contribution in [0.3, 0.4) is 0 Å². The summed E-state index contributed by atoms with van der Waals surface area (Å²) in [5.74, 6) is -0.153. The molecule has 0 aliphatic rings. The molecule has 0 atom stereocenters. The molecule has 9 heavy (non-hydrogen) atoms. The lowest BCUT2D eigenvalue weighted by molar-refractivity contribution is 0.455. The van der Waals surface area contributed by atoms with Crippen molar-refractivity contribution in [1.82, 2.24) is 9.55 Å². The van der Waals surface area contributed by atoms with Gasteiger partial charge in [-0.25, -0.2) is 4.79 Å². The molecule has 0 aromatic carbocycles. The number of hydrogen-bond donors (Lipinski definition) is 2. The molecule has 1 rings (SSSR count). The first-order valence-electron chi connectivity index (χ1n) is 2.36. The molecule has 0 radical (unpaired) electrons. The van der Waals surface area contributed by atoms with Gasteiger partial charge in [-0.15, -0.1) is 0 Å². The third-order valence-corrected chi connectivity index (χ3v) is 0.928. The zero-order valence-electron chi connectivity index (χ0n) is 4.66. The average Bonchev–Trinajstić information content (AvgIpc) is 2.10. The largest absolute Gasteiger partial charge is 0.493 e. The molecule has 0 saturated heterocycles. The Morgan fingerprint density at radius 1 is 1.89 bits per heavy atom. The average molecular weight is 126 g/mol. The van der Waals surface area contributed by atoms with Gasteiger partial charge in [0.15, 0.2) is 0 Å².